The molecule has 0 spiro atoms. The van der Waals surface area contributed by atoms with Crippen LogP contribution in [0, 0.1) is 0 Å². The van der Waals surface area contributed by atoms with E-state index < -0.39 is 0 Å². The molecule has 156 valence electrons. The summed E-state index contributed by atoms with van der Waals surface area (Å²) in [5, 5.41) is 34.3. The number of unbranched alkanes of at least 4 members (excludes halogenated alkanes) is 3. The van der Waals surface area contributed by atoms with Gasteiger partial charge in [-0.15, -0.1) is 0 Å². The molecule has 1 aromatic heterocycles. The van der Waals surface area contributed by atoms with Gasteiger partial charge in [-0.3, -0.25) is 15.8 Å². The predicted octanol–water partition coefficient (Wildman–Crippen LogP) is 1.92. The smallest absolute Gasteiger partial charge is 0.229 e. The third kappa shape index (κ3) is 12.2. The van der Waals surface area contributed by atoms with Gasteiger partial charge < -0.3 is 16.0 Å². The van der Waals surface area contributed by atoms with Crippen molar-refractivity contribution in [2.24, 2.45) is 0 Å². The lowest BCUT2D eigenvalue weighted by Gasteiger charge is -2.11. The summed E-state index contributed by atoms with van der Waals surface area (Å²) in [7, 11) is 0. The van der Waals surface area contributed by atoms with E-state index in [2.05, 4.69) is 45.6 Å². The van der Waals surface area contributed by atoms with Crippen LogP contribution in [0.25, 0.3) is 0 Å². The van der Waals surface area contributed by atoms with E-state index in [1.54, 1.807) is 0 Å². The first-order valence-electron chi connectivity index (χ1n) is 9.07. The van der Waals surface area contributed by atoms with Gasteiger partial charge >= 0.3 is 0 Å². The molecule has 0 saturated heterocycles. The van der Waals surface area contributed by atoms with E-state index in [0.29, 0.717) is 56.7 Å². The summed E-state index contributed by atoms with van der Waals surface area (Å²) in [5.74, 6) is 1.33. The van der Waals surface area contributed by atoms with E-state index in [1.807, 2.05) is 0 Å². The van der Waals surface area contributed by atoms with Gasteiger partial charge in [0.25, 0.3) is 0 Å². The molecule has 0 saturated carbocycles. The zero-order chi connectivity index (χ0) is 19.6. The van der Waals surface area contributed by atoms with Crippen LogP contribution in [0.4, 0.5) is 17.8 Å². The Morgan fingerprint density at radius 3 is 1.07 bits per heavy atom. The number of anilines is 3. The quantitative estimate of drug-likeness (QED) is 0.123. The fourth-order valence-corrected chi connectivity index (χ4v) is 2.09. The normalized spacial score (nSPS) is 10.8. The van der Waals surface area contributed by atoms with Gasteiger partial charge in [0.15, 0.2) is 0 Å². The maximum Gasteiger partial charge on any atom is 0.229 e. The molecular weight excluding hydrogens is 360 g/mol. The molecule has 1 heterocycles. The van der Waals surface area contributed by atoms with Crippen LogP contribution in [0.2, 0.25) is 0 Å². The molecule has 6 N–H and O–H groups in total. The maximum atomic E-state index is 8.31. The SMILES string of the molecule is OOCCCCNc1nc(NCCCCOO)nc(NCCCCOO)n1. The summed E-state index contributed by atoms with van der Waals surface area (Å²) in [4.78, 5) is 25.1. The highest BCUT2D eigenvalue weighted by Gasteiger charge is 2.06. The molecule has 0 amide bonds. The van der Waals surface area contributed by atoms with Crippen molar-refractivity contribution in [1.82, 2.24) is 15.0 Å². The van der Waals surface area contributed by atoms with Gasteiger partial charge in [-0.2, -0.15) is 15.0 Å². The molecule has 0 atom stereocenters. The van der Waals surface area contributed by atoms with E-state index in [0.717, 1.165) is 19.3 Å². The van der Waals surface area contributed by atoms with Gasteiger partial charge in [0.2, 0.25) is 17.8 Å². The summed E-state index contributed by atoms with van der Waals surface area (Å²) in [6, 6.07) is 0. The van der Waals surface area contributed by atoms with Gasteiger partial charge in [-0.25, -0.2) is 14.7 Å². The summed E-state index contributed by atoms with van der Waals surface area (Å²) >= 11 is 0. The molecule has 0 bridgehead atoms. The van der Waals surface area contributed by atoms with Crippen molar-refractivity contribution in [3.05, 3.63) is 0 Å². The summed E-state index contributed by atoms with van der Waals surface area (Å²) < 4.78 is 0. The maximum absolute atomic E-state index is 8.31. The number of hydrogen-bond acceptors (Lipinski definition) is 12. The highest BCUT2D eigenvalue weighted by atomic mass is 17.1. The van der Waals surface area contributed by atoms with E-state index in [9.17, 15) is 0 Å². The lowest BCUT2D eigenvalue weighted by Crippen LogP contribution is -2.14. The van der Waals surface area contributed by atoms with Crippen molar-refractivity contribution in [1.29, 1.82) is 0 Å². The van der Waals surface area contributed by atoms with Crippen LogP contribution in [0.3, 0.4) is 0 Å². The second-order valence-electron chi connectivity index (χ2n) is 5.71. The van der Waals surface area contributed by atoms with Gasteiger partial charge in [0.1, 0.15) is 0 Å². The van der Waals surface area contributed by atoms with Gasteiger partial charge in [0.05, 0.1) is 19.8 Å². The first kappa shape index (κ1) is 23.2. The van der Waals surface area contributed by atoms with Crippen LogP contribution in [0.15, 0.2) is 0 Å². The Balaban J connectivity index is 2.52. The third-order valence-corrected chi connectivity index (χ3v) is 3.47. The Labute approximate surface area is 158 Å². The minimum atomic E-state index is 0.285. The van der Waals surface area contributed by atoms with Crippen molar-refractivity contribution < 1.29 is 30.4 Å². The number of rotatable bonds is 18. The molecule has 0 unspecified atom stereocenters. The van der Waals surface area contributed by atoms with Gasteiger partial charge in [-0.1, -0.05) is 0 Å². The van der Waals surface area contributed by atoms with Gasteiger partial charge in [-0.05, 0) is 38.5 Å². The van der Waals surface area contributed by atoms with Crippen LogP contribution >= 0.6 is 0 Å². The first-order valence-corrected chi connectivity index (χ1v) is 9.07. The average molecular weight is 390 g/mol. The topological polar surface area (TPSA) is 163 Å². The Morgan fingerprint density at radius 2 is 0.815 bits per heavy atom. The van der Waals surface area contributed by atoms with Crippen LogP contribution in [-0.4, -0.2) is 70.2 Å². The Bertz CT molecular complexity index is 405. The van der Waals surface area contributed by atoms with E-state index in [4.69, 9.17) is 15.8 Å². The number of aromatic nitrogens is 3. The highest BCUT2D eigenvalue weighted by molar-refractivity contribution is 5.42. The third-order valence-electron chi connectivity index (χ3n) is 3.47. The summed E-state index contributed by atoms with van der Waals surface area (Å²) in [6.07, 6.45) is 4.51. The zero-order valence-corrected chi connectivity index (χ0v) is 15.4. The Morgan fingerprint density at radius 1 is 0.519 bits per heavy atom. The molecule has 1 rings (SSSR count). The second-order valence-corrected chi connectivity index (χ2v) is 5.71. The molecule has 1 aromatic rings. The molecule has 12 nitrogen and oxygen atoms in total. The molecular formula is C15H30N6O6. The number of hydrogen-bond donors (Lipinski definition) is 6. The zero-order valence-electron chi connectivity index (χ0n) is 15.4. The Kier molecular flexibility index (Phi) is 14.1. The van der Waals surface area contributed by atoms with Crippen molar-refractivity contribution in [3.8, 4) is 0 Å². The van der Waals surface area contributed by atoms with Crippen molar-refractivity contribution >= 4 is 17.8 Å². The van der Waals surface area contributed by atoms with Crippen molar-refractivity contribution in [2.75, 3.05) is 55.4 Å². The van der Waals surface area contributed by atoms with Crippen LogP contribution < -0.4 is 16.0 Å². The summed E-state index contributed by atoms with van der Waals surface area (Å²) in [6.45, 7) is 2.75. The largest absolute Gasteiger partial charge is 0.354 e. The second kappa shape index (κ2) is 16.4. The van der Waals surface area contributed by atoms with Crippen LogP contribution in [0.1, 0.15) is 38.5 Å². The number of nitrogens with zero attached hydrogens (tertiary/aromatic N) is 3. The molecule has 0 fully saturated rings. The van der Waals surface area contributed by atoms with E-state index >= 15 is 0 Å². The minimum Gasteiger partial charge on any atom is -0.354 e. The van der Waals surface area contributed by atoms with Crippen molar-refractivity contribution in [3.63, 3.8) is 0 Å². The van der Waals surface area contributed by atoms with Crippen LogP contribution in [0.5, 0.6) is 0 Å². The lowest BCUT2D eigenvalue weighted by molar-refractivity contribution is -0.242. The van der Waals surface area contributed by atoms with Gasteiger partial charge in [0, 0.05) is 19.6 Å². The van der Waals surface area contributed by atoms with Crippen LogP contribution in [-0.2, 0) is 14.7 Å². The highest BCUT2D eigenvalue weighted by Crippen LogP contribution is 2.10. The standard InChI is InChI=1S/C15H30N6O6/c22-25-10-4-1-7-16-13-19-14(17-8-2-5-11-26-23)21-15(20-13)18-9-3-6-12-27-24/h22-24H,1-12H2,(H3,16,17,18,19,20,21). The summed E-state index contributed by atoms with van der Waals surface area (Å²) in [5.41, 5.74) is 0. The molecule has 12 heteroatoms. The number of nitrogens with one attached hydrogen (secondary N) is 3. The van der Waals surface area contributed by atoms with E-state index in [1.165, 1.54) is 0 Å². The minimum absolute atomic E-state index is 0.285. The first-order chi connectivity index (χ1) is 13.3. The predicted molar refractivity (Wildman–Crippen MR) is 98.7 cm³/mol. The fraction of sp³-hybridized carbons (Fsp3) is 0.800. The van der Waals surface area contributed by atoms with Crippen molar-refractivity contribution in [2.45, 2.75) is 38.5 Å². The molecule has 27 heavy (non-hydrogen) atoms. The molecule has 0 aliphatic carbocycles. The molecule has 0 radical (unpaired) electrons. The van der Waals surface area contributed by atoms with E-state index in [-0.39, 0.29) is 19.8 Å². The molecule has 0 aromatic carbocycles. The average Bonchev–Trinajstić information content (AvgIpc) is 2.67. The Hall–Kier alpha value is -1.83. The monoisotopic (exact) mass is 390 g/mol. The molecule has 0 aliphatic heterocycles. The lowest BCUT2D eigenvalue weighted by atomic mass is 10.3. The molecule has 0 aliphatic rings. The fourth-order valence-electron chi connectivity index (χ4n) is 2.09.